The SMILES string of the molecule is Cc1ccc(-n2ccnc2SC(C)C(=O)Nc2c(F)cccc2F)cc1C. The molecule has 1 unspecified atom stereocenters. The molecule has 140 valence electrons. The van der Waals surface area contributed by atoms with Gasteiger partial charge in [-0.2, -0.15) is 0 Å². The molecule has 0 aliphatic carbocycles. The molecular weight excluding hydrogens is 368 g/mol. The minimum atomic E-state index is -0.808. The van der Waals surface area contributed by atoms with Crippen molar-refractivity contribution in [2.75, 3.05) is 5.32 Å². The number of thioether (sulfide) groups is 1. The molecule has 0 aliphatic rings. The first-order valence-corrected chi connectivity index (χ1v) is 9.27. The van der Waals surface area contributed by atoms with Crippen LogP contribution in [-0.2, 0) is 4.79 Å². The Labute approximate surface area is 160 Å². The molecule has 0 aliphatic heterocycles. The highest BCUT2D eigenvalue weighted by molar-refractivity contribution is 8.00. The number of hydrogen-bond donors (Lipinski definition) is 1. The lowest BCUT2D eigenvalue weighted by Gasteiger charge is -2.14. The van der Waals surface area contributed by atoms with E-state index in [0.717, 1.165) is 23.4 Å². The maximum Gasteiger partial charge on any atom is 0.237 e. The van der Waals surface area contributed by atoms with Gasteiger partial charge in [-0.05, 0) is 56.2 Å². The Balaban J connectivity index is 1.77. The van der Waals surface area contributed by atoms with Crippen molar-refractivity contribution < 1.29 is 13.6 Å². The number of imidazole rings is 1. The molecule has 0 bridgehead atoms. The molecular formula is C20H19F2N3OS. The average molecular weight is 387 g/mol. The quantitative estimate of drug-likeness (QED) is 0.634. The van der Waals surface area contributed by atoms with Gasteiger partial charge in [0, 0.05) is 18.1 Å². The van der Waals surface area contributed by atoms with Crippen LogP contribution in [0.1, 0.15) is 18.1 Å². The number of aromatic nitrogens is 2. The highest BCUT2D eigenvalue weighted by atomic mass is 32.2. The van der Waals surface area contributed by atoms with Crippen molar-refractivity contribution in [2.24, 2.45) is 0 Å². The number of amides is 1. The van der Waals surface area contributed by atoms with Crippen LogP contribution in [0.4, 0.5) is 14.5 Å². The summed E-state index contributed by atoms with van der Waals surface area (Å²) in [7, 11) is 0. The fourth-order valence-electron chi connectivity index (χ4n) is 2.50. The third kappa shape index (κ3) is 4.19. The van der Waals surface area contributed by atoms with Gasteiger partial charge in [0.15, 0.2) is 5.16 Å². The van der Waals surface area contributed by atoms with E-state index in [1.807, 2.05) is 42.8 Å². The van der Waals surface area contributed by atoms with Crippen molar-refractivity contribution in [3.8, 4) is 5.69 Å². The van der Waals surface area contributed by atoms with Crippen molar-refractivity contribution in [2.45, 2.75) is 31.2 Å². The summed E-state index contributed by atoms with van der Waals surface area (Å²) >= 11 is 1.22. The minimum absolute atomic E-state index is 0.438. The first-order chi connectivity index (χ1) is 12.9. The molecule has 0 spiro atoms. The number of nitrogens with zero attached hydrogens (tertiary/aromatic N) is 2. The minimum Gasteiger partial charge on any atom is -0.320 e. The van der Waals surface area contributed by atoms with Crippen LogP contribution < -0.4 is 5.32 Å². The molecule has 7 heteroatoms. The molecule has 0 radical (unpaired) electrons. The number of anilines is 1. The lowest BCUT2D eigenvalue weighted by atomic mass is 10.1. The van der Waals surface area contributed by atoms with Crippen LogP contribution in [0.5, 0.6) is 0 Å². The van der Waals surface area contributed by atoms with Gasteiger partial charge in [-0.3, -0.25) is 9.36 Å². The van der Waals surface area contributed by atoms with Crippen molar-refractivity contribution in [1.82, 2.24) is 9.55 Å². The number of rotatable bonds is 5. The Morgan fingerprint density at radius 3 is 2.52 bits per heavy atom. The van der Waals surface area contributed by atoms with Crippen LogP contribution >= 0.6 is 11.8 Å². The monoisotopic (exact) mass is 387 g/mol. The molecule has 1 amide bonds. The highest BCUT2D eigenvalue weighted by Crippen LogP contribution is 2.27. The second-order valence-electron chi connectivity index (χ2n) is 6.19. The fraction of sp³-hybridized carbons (Fsp3) is 0.200. The molecule has 1 N–H and O–H groups in total. The molecule has 27 heavy (non-hydrogen) atoms. The molecule has 3 rings (SSSR count). The van der Waals surface area contributed by atoms with Gasteiger partial charge >= 0.3 is 0 Å². The lowest BCUT2D eigenvalue weighted by molar-refractivity contribution is -0.115. The fourth-order valence-corrected chi connectivity index (χ4v) is 3.39. The summed E-state index contributed by atoms with van der Waals surface area (Å²) in [5.74, 6) is -2.12. The molecule has 0 fully saturated rings. The van der Waals surface area contributed by atoms with Crippen LogP contribution in [-0.4, -0.2) is 20.7 Å². The van der Waals surface area contributed by atoms with E-state index in [1.165, 1.54) is 23.4 Å². The second-order valence-corrected chi connectivity index (χ2v) is 7.50. The van der Waals surface area contributed by atoms with Gasteiger partial charge in [0.05, 0.1) is 5.25 Å². The van der Waals surface area contributed by atoms with Crippen molar-refractivity contribution in [3.05, 3.63) is 71.6 Å². The van der Waals surface area contributed by atoms with E-state index in [1.54, 1.807) is 13.1 Å². The molecule has 1 heterocycles. The Hall–Kier alpha value is -2.67. The van der Waals surface area contributed by atoms with Crippen molar-refractivity contribution in [3.63, 3.8) is 0 Å². The number of para-hydroxylation sites is 1. The molecule has 1 atom stereocenters. The van der Waals surface area contributed by atoms with Gasteiger partial charge < -0.3 is 5.32 Å². The first kappa shape index (κ1) is 19.1. The summed E-state index contributed by atoms with van der Waals surface area (Å²) in [6.07, 6.45) is 3.46. The number of aryl methyl sites for hydroxylation is 2. The second kappa shape index (κ2) is 7.92. The van der Waals surface area contributed by atoms with Gasteiger partial charge in [-0.25, -0.2) is 13.8 Å². The summed E-state index contributed by atoms with van der Waals surface area (Å²) < 4.78 is 29.3. The van der Waals surface area contributed by atoms with Crippen molar-refractivity contribution in [1.29, 1.82) is 0 Å². The molecule has 0 saturated carbocycles. The van der Waals surface area contributed by atoms with Crippen LogP contribution in [0.25, 0.3) is 5.69 Å². The third-order valence-electron chi connectivity index (χ3n) is 4.24. The summed E-state index contributed by atoms with van der Waals surface area (Å²) in [6.45, 7) is 5.73. The topological polar surface area (TPSA) is 46.9 Å². The summed E-state index contributed by atoms with van der Waals surface area (Å²) in [5, 5.41) is 2.34. The largest absolute Gasteiger partial charge is 0.320 e. The van der Waals surface area contributed by atoms with Gasteiger partial charge in [-0.1, -0.05) is 23.9 Å². The normalized spacial score (nSPS) is 12.0. The molecule has 4 nitrogen and oxygen atoms in total. The number of nitrogens with one attached hydrogen (secondary N) is 1. The van der Waals surface area contributed by atoms with E-state index < -0.39 is 28.5 Å². The Morgan fingerprint density at radius 2 is 1.85 bits per heavy atom. The van der Waals surface area contributed by atoms with Crippen LogP contribution in [0.3, 0.4) is 0 Å². The number of benzene rings is 2. The van der Waals surface area contributed by atoms with Gasteiger partial charge in [-0.15, -0.1) is 0 Å². The number of halogens is 2. The van der Waals surface area contributed by atoms with Crippen LogP contribution in [0, 0.1) is 25.5 Å². The molecule has 3 aromatic rings. The smallest absolute Gasteiger partial charge is 0.237 e. The van der Waals surface area contributed by atoms with Crippen molar-refractivity contribution >= 4 is 23.4 Å². The van der Waals surface area contributed by atoms with E-state index >= 15 is 0 Å². The van der Waals surface area contributed by atoms with Gasteiger partial charge in [0.25, 0.3) is 0 Å². The van der Waals surface area contributed by atoms with E-state index in [2.05, 4.69) is 10.3 Å². The Bertz CT molecular complexity index is 967. The van der Waals surface area contributed by atoms with Gasteiger partial charge in [0.2, 0.25) is 5.91 Å². The predicted octanol–water partition coefficient (Wildman–Crippen LogP) is 4.89. The maximum absolute atomic E-state index is 13.7. The Morgan fingerprint density at radius 1 is 1.15 bits per heavy atom. The summed E-state index contributed by atoms with van der Waals surface area (Å²) in [4.78, 5) is 16.7. The van der Waals surface area contributed by atoms with E-state index in [4.69, 9.17) is 0 Å². The van der Waals surface area contributed by atoms with Gasteiger partial charge in [0.1, 0.15) is 17.3 Å². The molecule has 1 aromatic heterocycles. The zero-order valence-corrected chi connectivity index (χ0v) is 16.0. The summed E-state index contributed by atoms with van der Waals surface area (Å²) in [6, 6.07) is 9.50. The number of carbonyl (C=O) groups excluding carboxylic acids is 1. The van der Waals surface area contributed by atoms with Crippen LogP contribution in [0.2, 0.25) is 0 Å². The molecule has 0 saturated heterocycles. The first-order valence-electron chi connectivity index (χ1n) is 8.39. The highest BCUT2D eigenvalue weighted by Gasteiger charge is 2.20. The number of carbonyl (C=O) groups is 1. The van der Waals surface area contributed by atoms with Crippen LogP contribution in [0.15, 0.2) is 53.9 Å². The maximum atomic E-state index is 13.7. The zero-order valence-electron chi connectivity index (χ0n) is 15.2. The standard InChI is InChI=1S/C20H19F2N3OS/c1-12-7-8-15(11-13(12)2)25-10-9-23-20(25)27-14(3)19(26)24-18-16(21)5-4-6-17(18)22/h4-11,14H,1-3H3,(H,24,26). The van der Waals surface area contributed by atoms with E-state index in [0.29, 0.717) is 5.16 Å². The number of hydrogen-bond acceptors (Lipinski definition) is 3. The lowest BCUT2D eigenvalue weighted by Crippen LogP contribution is -2.24. The predicted molar refractivity (Wildman–Crippen MR) is 103 cm³/mol. The third-order valence-corrected chi connectivity index (χ3v) is 5.32. The van der Waals surface area contributed by atoms with E-state index in [-0.39, 0.29) is 0 Å². The summed E-state index contributed by atoms with van der Waals surface area (Å²) in [5.41, 5.74) is 2.84. The van der Waals surface area contributed by atoms with E-state index in [9.17, 15) is 13.6 Å². The zero-order chi connectivity index (χ0) is 19.6. The average Bonchev–Trinajstić information content (AvgIpc) is 3.08. The Kier molecular flexibility index (Phi) is 5.60. The molecule has 2 aromatic carbocycles.